The summed E-state index contributed by atoms with van der Waals surface area (Å²) in [6.07, 6.45) is 2.58. The standard InChI is InChI=1S/C17H17FN4O5.ClH/c18-12-7-10-13(15(22(26)27)14(12)20-5-3-19-4-6-20)21(9-1-2-9)8-11(16(10)23)17(24)25;/h7-9,19H,1-6H2,(H,24,25);1H. The predicted molar refractivity (Wildman–Crippen MR) is 102 cm³/mol. The molecule has 0 radical (unpaired) electrons. The first-order chi connectivity index (χ1) is 12.9. The van der Waals surface area contributed by atoms with E-state index in [4.69, 9.17) is 0 Å². The van der Waals surface area contributed by atoms with Gasteiger partial charge in [0.25, 0.3) is 0 Å². The third kappa shape index (κ3) is 3.18. The van der Waals surface area contributed by atoms with Crippen molar-refractivity contribution in [1.29, 1.82) is 0 Å². The lowest BCUT2D eigenvalue weighted by atomic mass is 10.1. The van der Waals surface area contributed by atoms with Gasteiger partial charge in [-0.2, -0.15) is 0 Å². The molecular weight excluding hydrogens is 395 g/mol. The van der Waals surface area contributed by atoms with E-state index in [1.54, 1.807) is 4.90 Å². The van der Waals surface area contributed by atoms with E-state index in [0.717, 1.165) is 12.3 Å². The van der Waals surface area contributed by atoms with E-state index in [2.05, 4.69) is 5.32 Å². The van der Waals surface area contributed by atoms with Gasteiger partial charge in [-0.15, -0.1) is 12.4 Å². The molecule has 28 heavy (non-hydrogen) atoms. The SMILES string of the molecule is Cl.O=C(O)c1cn(C2CC2)c2c([N+](=O)[O-])c(N3CCNCC3)c(F)cc2c1=O. The number of rotatable bonds is 4. The molecule has 2 aromatic rings. The highest BCUT2D eigenvalue weighted by atomic mass is 35.5. The monoisotopic (exact) mass is 412 g/mol. The van der Waals surface area contributed by atoms with Crippen LogP contribution in [0.15, 0.2) is 17.1 Å². The topological polar surface area (TPSA) is 118 Å². The van der Waals surface area contributed by atoms with Gasteiger partial charge in [-0.1, -0.05) is 0 Å². The zero-order valence-electron chi connectivity index (χ0n) is 14.7. The molecule has 0 unspecified atom stereocenters. The quantitative estimate of drug-likeness (QED) is 0.581. The van der Waals surface area contributed by atoms with Crippen molar-refractivity contribution < 1.29 is 19.2 Å². The maximum Gasteiger partial charge on any atom is 0.341 e. The van der Waals surface area contributed by atoms with Crippen LogP contribution < -0.4 is 15.6 Å². The summed E-state index contributed by atoms with van der Waals surface area (Å²) in [6, 6.07) is 0.805. The number of nitrogens with one attached hydrogen (secondary N) is 1. The second kappa shape index (κ2) is 7.36. The predicted octanol–water partition coefficient (Wildman–Crippen LogP) is 1.91. The van der Waals surface area contributed by atoms with Crippen molar-refractivity contribution in [3.05, 3.63) is 44.0 Å². The molecule has 1 saturated heterocycles. The van der Waals surface area contributed by atoms with Crippen LogP contribution in [0.5, 0.6) is 0 Å². The molecule has 150 valence electrons. The number of nitro groups is 1. The van der Waals surface area contributed by atoms with Gasteiger partial charge in [-0.25, -0.2) is 9.18 Å². The highest BCUT2D eigenvalue weighted by Crippen LogP contribution is 2.43. The van der Waals surface area contributed by atoms with Crippen LogP contribution in [0.3, 0.4) is 0 Å². The fourth-order valence-electron chi connectivity index (χ4n) is 3.61. The van der Waals surface area contributed by atoms with Gasteiger partial charge in [0.1, 0.15) is 11.1 Å². The zero-order chi connectivity index (χ0) is 19.3. The number of nitro benzene ring substituents is 1. The first-order valence-corrected chi connectivity index (χ1v) is 8.65. The van der Waals surface area contributed by atoms with Crippen LogP contribution in [0, 0.1) is 15.9 Å². The van der Waals surface area contributed by atoms with Crippen LogP contribution >= 0.6 is 12.4 Å². The molecule has 4 rings (SSSR count). The summed E-state index contributed by atoms with van der Waals surface area (Å²) in [7, 11) is 0. The number of carboxylic acid groups (broad SMARTS) is 1. The van der Waals surface area contributed by atoms with Gasteiger partial charge in [0.15, 0.2) is 11.5 Å². The van der Waals surface area contributed by atoms with Crippen LogP contribution in [-0.4, -0.2) is 46.7 Å². The van der Waals surface area contributed by atoms with Gasteiger partial charge in [0.2, 0.25) is 5.43 Å². The van der Waals surface area contributed by atoms with Crippen molar-refractivity contribution in [3.8, 4) is 0 Å². The molecule has 2 aliphatic rings. The molecule has 2 heterocycles. The average Bonchev–Trinajstić information content (AvgIpc) is 3.46. The van der Waals surface area contributed by atoms with Crippen molar-refractivity contribution in [2.24, 2.45) is 0 Å². The minimum absolute atomic E-state index is 0. The van der Waals surface area contributed by atoms with Crippen molar-refractivity contribution in [3.63, 3.8) is 0 Å². The molecule has 1 saturated carbocycles. The van der Waals surface area contributed by atoms with Crippen LogP contribution in [-0.2, 0) is 0 Å². The van der Waals surface area contributed by atoms with Crippen molar-refractivity contribution in [2.45, 2.75) is 18.9 Å². The Kier molecular flexibility index (Phi) is 5.26. The molecule has 9 nitrogen and oxygen atoms in total. The zero-order valence-corrected chi connectivity index (χ0v) is 15.5. The average molecular weight is 413 g/mol. The minimum Gasteiger partial charge on any atom is -0.477 e. The van der Waals surface area contributed by atoms with Crippen LogP contribution in [0.25, 0.3) is 10.9 Å². The van der Waals surface area contributed by atoms with Gasteiger partial charge < -0.3 is 19.9 Å². The van der Waals surface area contributed by atoms with Crippen LogP contribution in [0.4, 0.5) is 15.8 Å². The van der Waals surface area contributed by atoms with E-state index in [1.165, 1.54) is 4.57 Å². The Labute approximate surface area is 164 Å². The van der Waals surface area contributed by atoms with Gasteiger partial charge in [0.05, 0.1) is 10.3 Å². The summed E-state index contributed by atoms with van der Waals surface area (Å²) in [5, 5.41) is 24.1. The first-order valence-electron chi connectivity index (χ1n) is 8.65. The van der Waals surface area contributed by atoms with Crippen molar-refractivity contribution in [1.82, 2.24) is 9.88 Å². The van der Waals surface area contributed by atoms with Crippen molar-refractivity contribution in [2.75, 3.05) is 31.1 Å². The summed E-state index contributed by atoms with van der Waals surface area (Å²) in [5.41, 5.74) is -2.06. The van der Waals surface area contributed by atoms with Crippen LogP contribution in [0.2, 0.25) is 0 Å². The number of fused-ring (bicyclic) bond motifs is 1. The number of hydrogen-bond donors (Lipinski definition) is 2. The first kappa shape index (κ1) is 20.0. The van der Waals surface area contributed by atoms with Gasteiger partial charge in [-0.05, 0) is 18.9 Å². The number of halogens is 2. The Bertz CT molecular complexity index is 1030. The Morgan fingerprint density at radius 3 is 2.50 bits per heavy atom. The molecule has 2 fully saturated rings. The summed E-state index contributed by atoms with van der Waals surface area (Å²) in [6.45, 7) is 1.90. The summed E-state index contributed by atoms with van der Waals surface area (Å²) in [4.78, 5) is 36.8. The third-order valence-electron chi connectivity index (χ3n) is 5.00. The molecule has 0 amide bonds. The molecule has 1 aromatic carbocycles. The maximum absolute atomic E-state index is 14.9. The number of pyridine rings is 1. The Hall–Kier alpha value is -2.72. The molecule has 1 aromatic heterocycles. The molecular formula is C17H18ClFN4O5. The number of aromatic nitrogens is 1. The number of piperazine rings is 1. The normalized spacial score (nSPS) is 16.7. The number of benzene rings is 1. The summed E-state index contributed by atoms with van der Waals surface area (Å²) in [5.74, 6) is -2.33. The van der Waals surface area contributed by atoms with E-state index in [1.807, 2.05) is 0 Å². The third-order valence-corrected chi connectivity index (χ3v) is 5.00. The summed E-state index contributed by atoms with van der Waals surface area (Å²) < 4.78 is 16.4. The molecule has 1 aliphatic carbocycles. The van der Waals surface area contributed by atoms with E-state index in [-0.39, 0.29) is 35.0 Å². The number of hydrogen-bond acceptors (Lipinski definition) is 6. The molecule has 0 bridgehead atoms. The van der Waals surface area contributed by atoms with Gasteiger partial charge >= 0.3 is 11.7 Å². The molecule has 0 spiro atoms. The Balaban J connectivity index is 0.00000225. The number of aromatic carboxylic acids is 1. The molecule has 1 aliphatic heterocycles. The maximum atomic E-state index is 14.9. The smallest absolute Gasteiger partial charge is 0.341 e. The molecule has 11 heteroatoms. The molecule has 0 atom stereocenters. The van der Waals surface area contributed by atoms with E-state index >= 15 is 0 Å². The highest BCUT2D eigenvalue weighted by molar-refractivity contribution is 5.99. The molecule has 2 N–H and O–H groups in total. The lowest BCUT2D eigenvalue weighted by molar-refractivity contribution is -0.382. The number of carboxylic acids is 1. The highest BCUT2D eigenvalue weighted by Gasteiger charge is 2.35. The fourth-order valence-corrected chi connectivity index (χ4v) is 3.61. The van der Waals surface area contributed by atoms with E-state index in [9.17, 15) is 29.2 Å². The van der Waals surface area contributed by atoms with E-state index < -0.39 is 33.4 Å². The Morgan fingerprint density at radius 1 is 1.32 bits per heavy atom. The largest absolute Gasteiger partial charge is 0.477 e. The summed E-state index contributed by atoms with van der Waals surface area (Å²) >= 11 is 0. The van der Waals surface area contributed by atoms with Gasteiger partial charge in [-0.3, -0.25) is 14.9 Å². The lowest BCUT2D eigenvalue weighted by Crippen LogP contribution is -2.44. The fraction of sp³-hybridized carbons (Fsp3) is 0.412. The number of nitrogens with zero attached hydrogens (tertiary/aromatic N) is 3. The minimum atomic E-state index is -1.44. The Morgan fingerprint density at radius 2 is 1.96 bits per heavy atom. The number of carbonyl (C=O) groups is 1. The second-order valence-electron chi connectivity index (χ2n) is 6.76. The second-order valence-corrected chi connectivity index (χ2v) is 6.76. The van der Waals surface area contributed by atoms with Crippen molar-refractivity contribution >= 4 is 40.7 Å². The lowest BCUT2D eigenvalue weighted by Gasteiger charge is -2.29. The van der Waals surface area contributed by atoms with Crippen LogP contribution in [0.1, 0.15) is 29.2 Å². The van der Waals surface area contributed by atoms with E-state index in [0.29, 0.717) is 39.0 Å². The van der Waals surface area contributed by atoms with Gasteiger partial charge in [0, 0.05) is 38.4 Å². The number of anilines is 1.